The average molecular weight is 268 g/mol. The third-order valence-corrected chi connectivity index (χ3v) is 3.34. The van der Waals surface area contributed by atoms with Gasteiger partial charge in [0.05, 0.1) is 11.8 Å². The summed E-state index contributed by atoms with van der Waals surface area (Å²) in [5.41, 5.74) is 0.287. The van der Waals surface area contributed by atoms with E-state index in [1.54, 1.807) is 30.3 Å². The van der Waals surface area contributed by atoms with E-state index in [9.17, 15) is 9.59 Å². The van der Waals surface area contributed by atoms with Gasteiger partial charge in [0.2, 0.25) is 17.7 Å². The van der Waals surface area contributed by atoms with Crippen LogP contribution in [0.4, 0.5) is 0 Å². The molecule has 98 valence electrons. The third kappa shape index (κ3) is 1.37. The van der Waals surface area contributed by atoms with Gasteiger partial charge in [-0.3, -0.25) is 9.59 Å². The van der Waals surface area contributed by atoms with Gasteiger partial charge in [-0.25, -0.2) is 0 Å². The Morgan fingerprint density at radius 1 is 0.900 bits per heavy atom. The van der Waals surface area contributed by atoms with E-state index < -0.39 is 10.9 Å². The molecule has 0 fully saturated rings. The van der Waals surface area contributed by atoms with Crippen molar-refractivity contribution in [2.24, 2.45) is 0 Å². The molecule has 2 aromatic carbocycles. The Balaban J connectivity index is 1.90. The summed E-state index contributed by atoms with van der Waals surface area (Å²) < 4.78 is 15.7. The first-order valence-corrected chi connectivity index (χ1v) is 6.03. The van der Waals surface area contributed by atoms with E-state index in [2.05, 4.69) is 0 Å². The molecule has 0 atom stereocenters. The van der Waals surface area contributed by atoms with Crippen molar-refractivity contribution in [2.45, 2.75) is 0 Å². The normalized spacial score (nSPS) is 13.0. The van der Waals surface area contributed by atoms with Crippen molar-refractivity contribution in [3.05, 3.63) is 57.0 Å². The Bertz CT molecular complexity index is 866. The Hall–Kier alpha value is -2.82. The van der Waals surface area contributed by atoms with Crippen LogP contribution in [0.3, 0.4) is 0 Å². The number of benzene rings is 1. The fourth-order valence-electron chi connectivity index (χ4n) is 2.38. The molecule has 0 saturated carbocycles. The highest BCUT2D eigenvalue weighted by atomic mass is 16.7. The fourth-order valence-corrected chi connectivity index (χ4v) is 2.38. The largest absolute Gasteiger partial charge is 0.464 e. The molecule has 0 saturated heterocycles. The molecular formula is C15H8O5. The molecule has 0 N–H and O–H groups in total. The zero-order chi connectivity index (χ0) is 13.7. The second-order valence-corrected chi connectivity index (χ2v) is 4.45. The van der Waals surface area contributed by atoms with Crippen LogP contribution in [-0.2, 0) is 0 Å². The molecule has 5 nitrogen and oxygen atoms in total. The smallest absolute Gasteiger partial charge is 0.238 e. The highest BCUT2D eigenvalue weighted by Crippen LogP contribution is 2.37. The molecule has 4 rings (SSSR count). The number of furan rings is 1. The van der Waals surface area contributed by atoms with Crippen LogP contribution < -0.4 is 20.3 Å². The summed E-state index contributed by atoms with van der Waals surface area (Å²) in [5.74, 6) is 1.61. The lowest BCUT2D eigenvalue weighted by atomic mass is 9.92. The monoisotopic (exact) mass is 268 g/mol. The van der Waals surface area contributed by atoms with Crippen molar-refractivity contribution in [1.82, 2.24) is 0 Å². The Kier molecular flexibility index (Phi) is 2.12. The first-order chi connectivity index (χ1) is 9.75. The fraction of sp³-hybridized carbons (Fsp3) is 0.0667. The Labute approximate surface area is 112 Å². The van der Waals surface area contributed by atoms with E-state index in [0.717, 1.165) is 0 Å². The van der Waals surface area contributed by atoms with Crippen LogP contribution in [0.25, 0.3) is 22.5 Å². The van der Waals surface area contributed by atoms with Crippen molar-refractivity contribution < 1.29 is 13.9 Å². The quantitative estimate of drug-likeness (QED) is 0.664. The summed E-state index contributed by atoms with van der Waals surface area (Å²) in [6, 6.07) is 8.49. The molecule has 2 heterocycles. The molecule has 0 spiro atoms. The molecular weight excluding hydrogens is 260 g/mol. The van der Waals surface area contributed by atoms with E-state index in [4.69, 9.17) is 13.9 Å². The van der Waals surface area contributed by atoms with Crippen LogP contribution in [0.1, 0.15) is 0 Å². The SMILES string of the molecule is O=c1c(-c2ccc3c(c2)OCO3)c(-c2ccco2)c1=O. The summed E-state index contributed by atoms with van der Waals surface area (Å²) in [4.78, 5) is 23.6. The van der Waals surface area contributed by atoms with Gasteiger partial charge in [-0.15, -0.1) is 0 Å². The maximum Gasteiger partial charge on any atom is 0.238 e. The van der Waals surface area contributed by atoms with Gasteiger partial charge < -0.3 is 13.9 Å². The van der Waals surface area contributed by atoms with Crippen LogP contribution in [0.2, 0.25) is 0 Å². The minimum absolute atomic E-state index is 0.162. The van der Waals surface area contributed by atoms with Crippen LogP contribution in [0.5, 0.6) is 11.5 Å². The third-order valence-electron chi connectivity index (χ3n) is 3.34. The Morgan fingerprint density at radius 2 is 1.70 bits per heavy atom. The molecule has 20 heavy (non-hydrogen) atoms. The summed E-state index contributed by atoms with van der Waals surface area (Å²) in [7, 11) is 0. The van der Waals surface area contributed by atoms with Gasteiger partial charge in [-0.05, 0) is 29.8 Å². The van der Waals surface area contributed by atoms with Crippen LogP contribution in [0.15, 0.2) is 50.6 Å². The first kappa shape index (κ1) is 11.0. The van der Waals surface area contributed by atoms with Gasteiger partial charge in [0.15, 0.2) is 11.5 Å². The zero-order valence-corrected chi connectivity index (χ0v) is 10.2. The molecule has 0 radical (unpaired) electrons. The molecule has 5 heteroatoms. The van der Waals surface area contributed by atoms with E-state index in [1.807, 2.05) is 0 Å². The van der Waals surface area contributed by atoms with Crippen molar-refractivity contribution in [3.63, 3.8) is 0 Å². The van der Waals surface area contributed by atoms with E-state index in [-0.39, 0.29) is 6.79 Å². The van der Waals surface area contributed by atoms with E-state index >= 15 is 0 Å². The summed E-state index contributed by atoms with van der Waals surface area (Å²) in [6.45, 7) is 0.162. The van der Waals surface area contributed by atoms with Crippen LogP contribution >= 0.6 is 0 Å². The Morgan fingerprint density at radius 3 is 2.50 bits per heavy atom. The first-order valence-electron chi connectivity index (χ1n) is 6.03. The maximum absolute atomic E-state index is 11.8. The zero-order valence-electron chi connectivity index (χ0n) is 10.2. The van der Waals surface area contributed by atoms with Gasteiger partial charge >= 0.3 is 0 Å². The van der Waals surface area contributed by atoms with Crippen molar-refractivity contribution >= 4 is 0 Å². The molecule has 1 aromatic heterocycles. The second kappa shape index (κ2) is 3.84. The highest BCUT2D eigenvalue weighted by molar-refractivity contribution is 5.85. The molecule has 0 aliphatic carbocycles. The van der Waals surface area contributed by atoms with Gasteiger partial charge in [0.1, 0.15) is 5.76 Å². The predicted molar refractivity (Wildman–Crippen MR) is 70.6 cm³/mol. The molecule has 1 aliphatic rings. The van der Waals surface area contributed by atoms with E-state index in [0.29, 0.717) is 33.9 Å². The van der Waals surface area contributed by atoms with Gasteiger partial charge in [0.25, 0.3) is 0 Å². The number of hydrogen-bond acceptors (Lipinski definition) is 5. The van der Waals surface area contributed by atoms with Gasteiger partial charge in [-0.2, -0.15) is 0 Å². The summed E-state index contributed by atoms with van der Waals surface area (Å²) >= 11 is 0. The lowest BCUT2D eigenvalue weighted by molar-refractivity contribution is 0.174. The van der Waals surface area contributed by atoms with Gasteiger partial charge in [-0.1, -0.05) is 6.07 Å². The topological polar surface area (TPSA) is 65.7 Å². The molecule has 1 aliphatic heterocycles. The summed E-state index contributed by atoms with van der Waals surface area (Å²) in [6.07, 6.45) is 1.47. The van der Waals surface area contributed by atoms with E-state index in [1.165, 1.54) is 6.26 Å². The number of fused-ring (bicyclic) bond motifs is 1. The standard InChI is InChI=1S/C15H8O5/c16-14-12(13(15(14)17)10-2-1-5-18-10)8-3-4-9-11(6-8)20-7-19-9/h1-6H,7H2. The van der Waals surface area contributed by atoms with Crippen molar-refractivity contribution in [3.8, 4) is 33.9 Å². The highest BCUT2D eigenvalue weighted by Gasteiger charge is 2.26. The van der Waals surface area contributed by atoms with Crippen LogP contribution in [-0.4, -0.2) is 6.79 Å². The lowest BCUT2D eigenvalue weighted by Crippen LogP contribution is -2.34. The predicted octanol–water partition coefficient (Wildman–Crippen LogP) is 1.94. The molecule has 3 aromatic rings. The molecule has 0 bridgehead atoms. The lowest BCUT2D eigenvalue weighted by Gasteiger charge is -2.09. The molecule has 0 amide bonds. The second-order valence-electron chi connectivity index (χ2n) is 4.45. The number of rotatable bonds is 2. The van der Waals surface area contributed by atoms with Crippen molar-refractivity contribution in [2.75, 3.05) is 6.79 Å². The average Bonchev–Trinajstić information content (AvgIpc) is 3.13. The number of hydrogen-bond donors (Lipinski definition) is 0. The van der Waals surface area contributed by atoms with Crippen LogP contribution in [0, 0.1) is 0 Å². The molecule has 0 unspecified atom stereocenters. The van der Waals surface area contributed by atoms with Gasteiger partial charge in [0, 0.05) is 5.56 Å². The maximum atomic E-state index is 11.8. The minimum atomic E-state index is -0.521. The number of ether oxygens (including phenoxy) is 2. The van der Waals surface area contributed by atoms with Crippen molar-refractivity contribution in [1.29, 1.82) is 0 Å². The minimum Gasteiger partial charge on any atom is -0.464 e. The summed E-state index contributed by atoms with van der Waals surface area (Å²) in [5, 5.41) is 0.